The summed E-state index contributed by atoms with van der Waals surface area (Å²) in [7, 11) is 0. The zero-order valence-electron chi connectivity index (χ0n) is 26.0. The Balaban J connectivity index is 1.35. The van der Waals surface area contributed by atoms with Crippen molar-refractivity contribution in [3.63, 3.8) is 0 Å². The molecule has 0 spiro atoms. The molecule has 12 nitrogen and oxygen atoms in total. The number of carbonyl (C=O) groups excluding carboxylic acids is 4. The maximum atomic E-state index is 13.8. The van der Waals surface area contributed by atoms with Gasteiger partial charge in [-0.2, -0.15) is 0 Å². The van der Waals surface area contributed by atoms with Crippen LogP contribution in [0.4, 0.5) is 10.1 Å². The van der Waals surface area contributed by atoms with Gasteiger partial charge in [-0.15, -0.1) is 0 Å². The second-order valence-electron chi connectivity index (χ2n) is 11.2. The number of benzene rings is 2. The van der Waals surface area contributed by atoms with Crippen molar-refractivity contribution in [3.8, 4) is 11.4 Å². The molecule has 1 aliphatic rings. The van der Waals surface area contributed by atoms with Crippen LogP contribution < -0.4 is 21.3 Å². The number of hydrogen-bond donors (Lipinski definition) is 5. The smallest absolute Gasteiger partial charge is 0.274 e. The SMILES string of the molecule is Cc1[nH]c(-c2ccc(F)cc2)nc1C(=O)N1CCCC(=O)NCCNc2ccnc(c2)C(=O)N[C@@H](Cc2ccccc2)C(=O)NCC1. The fraction of sp³-hybridized carbons (Fsp3) is 0.294. The number of anilines is 1. The van der Waals surface area contributed by atoms with Gasteiger partial charge in [0.1, 0.15) is 29.1 Å². The lowest BCUT2D eigenvalue weighted by Crippen LogP contribution is -2.50. The zero-order chi connectivity index (χ0) is 33.2. The van der Waals surface area contributed by atoms with Crippen molar-refractivity contribution >= 4 is 29.3 Å². The van der Waals surface area contributed by atoms with E-state index in [0.29, 0.717) is 42.3 Å². The molecular weight excluding hydrogens is 603 g/mol. The third kappa shape index (κ3) is 9.00. The minimum absolute atomic E-state index is 0.0872. The molecule has 1 aliphatic heterocycles. The highest BCUT2D eigenvalue weighted by Gasteiger charge is 2.25. The average Bonchev–Trinajstić information content (AvgIpc) is 3.47. The van der Waals surface area contributed by atoms with E-state index in [2.05, 4.69) is 36.2 Å². The van der Waals surface area contributed by atoms with E-state index in [1.54, 1.807) is 36.1 Å². The first-order chi connectivity index (χ1) is 22.8. The molecule has 0 unspecified atom stereocenters. The second-order valence-corrected chi connectivity index (χ2v) is 11.2. The standard InChI is InChI=1S/C34H37FN8O4/c1-22-30(42-31(40-22)24-9-11-25(35)12-10-24)34(47)43-18-5-8-29(44)38-16-15-36-26-13-14-37-27(21-26)33(46)41-28(32(45)39-17-19-43)20-23-6-3-2-4-7-23/h2-4,6-7,9-14,21,28,36H,5,8,15-20H2,1H3,(H,38,44)(H,39,45)(H,40,42)(H,41,46)/t28-/m0/s1. The molecule has 5 N–H and O–H groups in total. The summed E-state index contributed by atoms with van der Waals surface area (Å²) < 4.78 is 13.5. The molecule has 0 fully saturated rings. The van der Waals surface area contributed by atoms with Crippen molar-refractivity contribution in [3.05, 3.63) is 101 Å². The number of rotatable bonds is 4. The van der Waals surface area contributed by atoms with Crippen molar-refractivity contribution in [2.45, 2.75) is 32.2 Å². The summed E-state index contributed by atoms with van der Waals surface area (Å²) in [5, 5.41) is 11.7. The predicted molar refractivity (Wildman–Crippen MR) is 174 cm³/mol. The summed E-state index contributed by atoms with van der Waals surface area (Å²) in [6.07, 6.45) is 2.31. The number of H-pyrrole nitrogens is 1. The molecule has 0 saturated carbocycles. The highest BCUT2D eigenvalue weighted by molar-refractivity contribution is 5.97. The molecule has 47 heavy (non-hydrogen) atoms. The number of nitrogens with one attached hydrogen (secondary N) is 5. The Morgan fingerprint density at radius 3 is 2.49 bits per heavy atom. The molecule has 0 radical (unpaired) electrons. The van der Waals surface area contributed by atoms with Gasteiger partial charge in [0, 0.05) is 68.7 Å². The van der Waals surface area contributed by atoms with Gasteiger partial charge in [0.2, 0.25) is 11.8 Å². The molecule has 244 valence electrons. The molecule has 0 saturated heterocycles. The van der Waals surface area contributed by atoms with Crippen LogP contribution >= 0.6 is 0 Å². The number of aromatic nitrogens is 3. The Morgan fingerprint density at radius 2 is 1.70 bits per heavy atom. The number of pyridine rings is 1. The van der Waals surface area contributed by atoms with E-state index in [0.717, 1.165) is 5.56 Å². The highest BCUT2D eigenvalue weighted by Crippen LogP contribution is 2.20. The number of aromatic amines is 1. The normalized spacial score (nSPS) is 16.9. The maximum absolute atomic E-state index is 13.8. The van der Waals surface area contributed by atoms with Gasteiger partial charge in [-0.1, -0.05) is 30.3 Å². The monoisotopic (exact) mass is 640 g/mol. The lowest BCUT2D eigenvalue weighted by atomic mass is 10.0. The van der Waals surface area contributed by atoms with E-state index in [1.165, 1.54) is 18.3 Å². The summed E-state index contributed by atoms with van der Waals surface area (Å²) in [6, 6.07) is 17.5. The van der Waals surface area contributed by atoms with Crippen LogP contribution in [-0.2, 0) is 16.0 Å². The molecule has 2 bridgehead atoms. The first-order valence-corrected chi connectivity index (χ1v) is 15.5. The molecule has 2 aromatic carbocycles. The first-order valence-electron chi connectivity index (χ1n) is 15.5. The maximum Gasteiger partial charge on any atom is 0.274 e. The lowest BCUT2D eigenvalue weighted by Gasteiger charge is -2.24. The number of hydrogen-bond acceptors (Lipinski definition) is 7. The summed E-state index contributed by atoms with van der Waals surface area (Å²) in [5.41, 5.74) is 2.97. The third-order valence-electron chi connectivity index (χ3n) is 7.68. The van der Waals surface area contributed by atoms with Gasteiger partial charge in [0.05, 0.1) is 0 Å². The average molecular weight is 641 g/mol. The van der Waals surface area contributed by atoms with Crippen LogP contribution in [0.25, 0.3) is 11.4 Å². The minimum Gasteiger partial charge on any atom is -0.383 e. The molecule has 2 aromatic heterocycles. The molecule has 4 aromatic rings. The fourth-order valence-corrected chi connectivity index (χ4v) is 5.20. The Bertz CT molecular complexity index is 1710. The summed E-state index contributed by atoms with van der Waals surface area (Å²) in [6.45, 7) is 2.94. The van der Waals surface area contributed by atoms with Gasteiger partial charge >= 0.3 is 0 Å². The van der Waals surface area contributed by atoms with Crippen molar-refractivity contribution in [2.24, 2.45) is 0 Å². The van der Waals surface area contributed by atoms with Crippen LogP contribution in [-0.4, -0.2) is 82.2 Å². The van der Waals surface area contributed by atoms with E-state index in [1.807, 2.05) is 30.3 Å². The quantitative estimate of drug-likeness (QED) is 0.229. The van der Waals surface area contributed by atoms with Gasteiger partial charge in [-0.25, -0.2) is 9.37 Å². The molecule has 13 heteroatoms. The van der Waals surface area contributed by atoms with Gasteiger partial charge < -0.3 is 31.2 Å². The Kier molecular flexibility index (Phi) is 10.9. The van der Waals surface area contributed by atoms with Crippen LogP contribution in [0, 0.1) is 12.7 Å². The number of nitrogens with zero attached hydrogens (tertiary/aromatic N) is 3. The third-order valence-corrected chi connectivity index (χ3v) is 7.68. The Labute approximate surface area is 271 Å². The van der Waals surface area contributed by atoms with E-state index < -0.39 is 17.9 Å². The van der Waals surface area contributed by atoms with E-state index in [-0.39, 0.29) is 61.5 Å². The highest BCUT2D eigenvalue weighted by atomic mass is 19.1. The zero-order valence-corrected chi connectivity index (χ0v) is 26.0. The summed E-state index contributed by atoms with van der Waals surface area (Å²) in [4.78, 5) is 66.4. The number of amides is 4. The summed E-state index contributed by atoms with van der Waals surface area (Å²) in [5.74, 6) is -1.45. The van der Waals surface area contributed by atoms with Gasteiger partial charge in [0.25, 0.3) is 11.8 Å². The predicted octanol–water partition coefficient (Wildman–Crippen LogP) is 2.84. The van der Waals surface area contributed by atoms with Gasteiger partial charge in [0.15, 0.2) is 0 Å². The molecule has 3 heterocycles. The fourth-order valence-electron chi connectivity index (χ4n) is 5.20. The van der Waals surface area contributed by atoms with E-state index in [9.17, 15) is 23.6 Å². The summed E-state index contributed by atoms with van der Waals surface area (Å²) >= 11 is 0. The first kappa shape index (κ1) is 32.8. The number of fused-ring (bicyclic) bond motifs is 2. The van der Waals surface area contributed by atoms with Crippen molar-refractivity contribution in [2.75, 3.05) is 38.0 Å². The van der Waals surface area contributed by atoms with Crippen LogP contribution in [0.3, 0.4) is 0 Å². The minimum atomic E-state index is -0.914. The number of imidazole rings is 1. The van der Waals surface area contributed by atoms with Crippen LogP contribution in [0.5, 0.6) is 0 Å². The largest absolute Gasteiger partial charge is 0.383 e. The van der Waals surface area contributed by atoms with Crippen molar-refractivity contribution in [1.82, 2.24) is 35.8 Å². The van der Waals surface area contributed by atoms with Gasteiger partial charge in [-0.05, 0) is 55.3 Å². The molecule has 5 rings (SSSR count). The number of aryl methyl sites for hydroxylation is 1. The Hall–Kier alpha value is -5.59. The van der Waals surface area contributed by atoms with Crippen molar-refractivity contribution in [1.29, 1.82) is 0 Å². The van der Waals surface area contributed by atoms with Crippen LogP contribution in [0.1, 0.15) is 45.1 Å². The lowest BCUT2D eigenvalue weighted by molar-refractivity contribution is -0.123. The molecule has 0 aliphatic carbocycles. The van der Waals surface area contributed by atoms with E-state index >= 15 is 0 Å². The van der Waals surface area contributed by atoms with E-state index in [4.69, 9.17) is 0 Å². The molecule has 1 atom stereocenters. The second kappa shape index (κ2) is 15.6. The molecular formula is C34H37FN8O4. The topological polar surface area (TPSA) is 161 Å². The van der Waals surface area contributed by atoms with Crippen LogP contribution in [0.15, 0.2) is 72.9 Å². The number of carbonyl (C=O) groups is 4. The number of halogens is 1. The van der Waals surface area contributed by atoms with Crippen LogP contribution in [0.2, 0.25) is 0 Å². The Morgan fingerprint density at radius 1 is 0.936 bits per heavy atom. The van der Waals surface area contributed by atoms with Crippen molar-refractivity contribution < 1.29 is 23.6 Å². The van der Waals surface area contributed by atoms with Gasteiger partial charge in [-0.3, -0.25) is 24.2 Å². The molecule has 4 amide bonds.